The summed E-state index contributed by atoms with van der Waals surface area (Å²) in [6.07, 6.45) is 3.31. The monoisotopic (exact) mass is 213 g/mol. The van der Waals surface area contributed by atoms with Crippen LogP contribution < -0.4 is 0 Å². The summed E-state index contributed by atoms with van der Waals surface area (Å²) in [5.74, 6) is 1.26. The van der Waals surface area contributed by atoms with E-state index in [2.05, 4.69) is 11.8 Å². The molecule has 2 rings (SSSR count). The SMILES string of the molecule is CC1CN(CC2CCOCC2)CCC1O. The lowest BCUT2D eigenvalue weighted by atomic mass is 9.94. The van der Waals surface area contributed by atoms with Crippen molar-refractivity contribution in [1.29, 1.82) is 0 Å². The molecule has 2 saturated heterocycles. The zero-order valence-electron chi connectivity index (χ0n) is 9.69. The predicted octanol–water partition coefficient (Wildman–Crippen LogP) is 1.12. The number of aliphatic hydroxyl groups is 1. The van der Waals surface area contributed by atoms with Crippen LogP contribution in [-0.4, -0.2) is 49.0 Å². The number of nitrogens with zero attached hydrogens (tertiary/aromatic N) is 1. The highest BCUT2D eigenvalue weighted by molar-refractivity contribution is 4.79. The quantitative estimate of drug-likeness (QED) is 0.746. The van der Waals surface area contributed by atoms with Crippen LogP contribution in [0.1, 0.15) is 26.2 Å². The lowest BCUT2D eigenvalue weighted by molar-refractivity contribution is 0.0112. The lowest BCUT2D eigenvalue weighted by Gasteiger charge is -2.37. The smallest absolute Gasteiger partial charge is 0.0590 e. The van der Waals surface area contributed by atoms with Gasteiger partial charge in [0.25, 0.3) is 0 Å². The first-order chi connectivity index (χ1) is 7.25. The average Bonchev–Trinajstić information content (AvgIpc) is 2.25. The Morgan fingerprint density at radius 2 is 2.00 bits per heavy atom. The fraction of sp³-hybridized carbons (Fsp3) is 1.00. The summed E-state index contributed by atoms with van der Waals surface area (Å²) in [6, 6.07) is 0. The molecule has 0 aromatic carbocycles. The van der Waals surface area contributed by atoms with Gasteiger partial charge in [-0.1, -0.05) is 6.92 Å². The van der Waals surface area contributed by atoms with Crippen LogP contribution in [0.25, 0.3) is 0 Å². The van der Waals surface area contributed by atoms with E-state index < -0.39 is 0 Å². The Bertz CT molecular complexity index is 192. The molecule has 0 spiro atoms. The first-order valence-corrected chi connectivity index (χ1v) is 6.24. The van der Waals surface area contributed by atoms with Gasteiger partial charge in [0.05, 0.1) is 6.10 Å². The number of rotatable bonds is 2. The topological polar surface area (TPSA) is 32.7 Å². The summed E-state index contributed by atoms with van der Waals surface area (Å²) < 4.78 is 5.37. The Morgan fingerprint density at radius 3 is 2.67 bits per heavy atom. The molecule has 15 heavy (non-hydrogen) atoms. The minimum absolute atomic E-state index is 0.0732. The molecular formula is C12H23NO2. The third-order valence-electron chi connectivity index (χ3n) is 3.80. The van der Waals surface area contributed by atoms with E-state index in [4.69, 9.17) is 4.74 Å². The molecule has 0 aliphatic carbocycles. The standard InChI is InChI=1S/C12H23NO2/c1-10-8-13(5-2-12(10)14)9-11-3-6-15-7-4-11/h10-12,14H,2-9H2,1H3. The molecule has 0 saturated carbocycles. The first kappa shape index (κ1) is 11.4. The number of hydrogen-bond acceptors (Lipinski definition) is 3. The van der Waals surface area contributed by atoms with Crippen molar-refractivity contribution in [2.75, 3.05) is 32.8 Å². The van der Waals surface area contributed by atoms with Gasteiger partial charge in [0.1, 0.15) is 0 Å². The molecule has 2 atom stereocenters. The van der Waals surface area contributed by atoms with E-state index in [1.54, 1.807) is 0 Å². The molecular weight excluding hydrogens is 190 g/mol. The van der Waals surface area contributed by atoms with Crippen molar-refractivity contribution < 1.29 is 9.84 Å². The molecule has 0 bridgehead atoms. The molecule has 2 aliphatic rings. The van der Waals surface area contributed by atoms with Crippen LogP contribution in [0.3, 0.4) is 0 Å². The minimum atomic E-state index is -0.0732. The fourth-order valence-electron chi connectivity index (χ4n) is 2.68. The minimum Gasteiger partial charge on any atom is -0.393 e. The van der Waals surface area contributed by atoms with Crippen molar-refractivity contribution in [2.45, 2.75) is 32.3 Å². The second-order valence-corrected chi connectivity index (χ2v) is 5.15. The Balaban J connectivity index is 1.74. The Morgan fingerprint density at radius 1 is 1.27 bits per heavy atom. The molecule has 0 radical (unpaired) electrons. The molecule has 88 valence electrons. The molecule has 2 fully saturated rings. The molecule has 0 aromatic heterocycles. The van der Waals surface area contributed by atoms with Crippen LogP contribution >= 0.6 is 0 Å². The van der Waals surface area contributed by atoms with Crippen LogP contribution in [0, 0.1) is 11.8 Å². The summed E-state index contributed by atoms with van der Waals surface area (Å²) in [4.78, 5) is 2.52. The van der Waals surface area contributed by atoms with E-state index in [9.17, 15) is 5.11 Å². The van der Waals surface area contributed by atoms with E-state index in [1.807, 2.05) is 0 Å². The molecule has 0 aromatic rings. The van der Waals surface area contributed by atoms with Crippen LogP contribution in [0.4, 0.5) is 0 Å². The maximum Gasteiger partial charge on any atom is 0.0590 e. The number of ether oxygens (including phenoxy) is 1. The van der Waals surface area contributed by atoms with E-state index in [0.29, 0.717) is 5.92 Å². The summed E-state index contributed by atoms with van der Waals surface area (Å²) in [7, 11) is 0. The van der Waals surface area contributed by atoms with Crippen LogP contribution in [0.15, 0.2) is 0 Å². The highest BCUT2D eigenvalue weighted by Crippen LogP contribution is 2.21. The maximum atomic E-state index is 9.65. The molecule has 3 nitrogen and oxygen atoms in total. The lowest BCUT2D eigenvalue weighted by Crippen LogP contribution is -2.44. The Hall–Kier alpha value is -0.120. The number of hydrogen-bond donors (Lipinski definition) is 1. The highest BCUT2D eigenvalue weighted by Gasteiger charge is 2.26. The van der Waals surface area contributed by atoms with Crippen molar-refractivity contribution in [2.24, 2.45) is 11.8 Å². The van der Waals surface area contributed by atoms with Gasteiger partial charge in [0, 0.05) is 32.8 Å². The highest BCUT2D eigenvalue weighted by atomic mass is 16.5. The third-order valence-corrected chi connectivity index (χ3v) is 3.80. The predicted molar refractivity (Wildman–Crippen MR) is 59.8 cm³/mol. The van der Waals surface area contributed by atoms with Gasteiger partial charge in [-0.3, -0.25) is 0 Å². The Labute approximate surface area is 92.4 Å². The van der Waals surface area contributed by atoms with Gasteiger partial charge in [0.15, 0.2) is 0 Å². The van der Waals surface area contributed by atoms with Gasteiger partial charge >= 0.3 is 0 Å². The van der Waals surface area contributed by atoms with Crippen molar-refractivity contribution in [3.05, 3.63) is 0 Å². The third kappa shape index (κ3) is 3.16. The zero-order chi connectivity index (χ0) is 10.7. The van der Waals surface area contributed by atoms with Crippen LogP contribution in [-0.2, 0) is 4.74 Å². The van der Waals surface area contributed by atoms with Crippen molar-refractivity contribution in [3.63, 3.8) is 0 Å². The van der Waals surface area contributed by atoms with E-state index in [-0.39, 0.29) is 6.10 Å². The second kappa shape index (κ2) is 5.28. The summed E-state index contributed by atoms with van der Waals surface area (Å²) in [5, 5.41) is 9.65. The van der Waals surface area contributed by atoms with Gasteiger partial charge in [-0.05, 0) is 31.1 Å². The van der Waals surface area contributed by atoms with Crippen LogP contribution in [0.5, 0.6) is 0 Å². The summed E-state index contributed by atoms with van der Waals surface area (Å²) in [5.41, 5.74) is 0. The largest absolute Gasteiger partial charge is 0.393 e. The maximum absolute atomic E-state index is 9.65. The molecule has 2 unspecified atom stereocenters. The van der Waals surface area contributed by atoms with E-state index >= 15 is 0 Å². The van der Waals surface area contributed by atoms with Crippen molar-refractivity contribution in [1.82, 2.24) is 4.90 Å². The summed E-state index contributed by atoms with van der Waals surface area (Å²) >= 11 is 0. The first-order valence-electron chi connectivity index (χ1n) is 6.24. The number of likely N-dealkylation sites (tertiary alicyclic amines) is 1. The second-order valence-electron chi connectivity index (χ2n) is 5.15. The molecule has 2 heterocycles. The van der Waals surface area contributed by atoms with Gasteiger partial charge in [-0.2, -0.15) is 0 Å². The van der Waals surface area contributed by atoms with Crippen molar-refractivity contribution in [3.8, 4) is 0 Å². The molecule has 1 N–H and O–H groups in total. The molecule has 3 heteroatoms. The number of piperidine rings is 1. The van der Waals surface area contributed by atoms with E-state index in [1.165, 1.54) is 19.4 Å². The normalized spacial score (nSPS) is 35.6. The molecule has 0 amide bonds. The van der Waals surface area contributed by atoms with Gasteiger partial charge < -0.3 is 14.7 Å². The zero-order valence-corrected chi connectivity index (χ0v) is 9.69. The van der Waals surface area contributed by atoms with Crippen molar-refractivity contribution >= 4 is 0 Å². The summed E-state index contributed by atoms with van der Waals surface area (Å²) in [6.45, 7) is 7.38. The van der Waals surface area contributed by atoms with Gasteiger partial charge in [-0.15, -0.1) is 0 Å². The van der Waals surface area contributed by atoms with E-state index in [0.717, 1.165) is 38.6 Å². The number of aliphatic hydroxyl groups excluding tert-OH is 1. The van der Waals surface area contributed by atoms with Crippen LogP contribution in [0.2, 0.25) is 0 Å². The average molecular weight is 213 g/mol. The molecule has 2 aliphatic heterocycles. The van der Waals surface area contributed by atoms with Gasteiger partial charge in [-0.25, -0.2) is 0 Å². The van der Waals surface area contributed by atoms with Gasteiger partial charge in [0.2, 0.25) is 0 Å². The Kier molecular flexibility index (Phi) is 4.00. The fourth-order valence-corrected chi connectivity index (χ4v) is 2.68.